The lowest BCUT2D eigenvalue weighted by Gasteiger charge is -1.97. The van der Waals surface area contributed by atoms with Crippen molar-refractivity contribution in [1.82, 2.24) is 15.2 Å². The number of nitrogens with zero attached hydrogens (tertiary/aromatic N) is 2. The van der Waals surface area contributed by atoms with Crippen molar-refractivity contribution in [3.05, 3.63) is 35.9 Å². The maximum absolute atomic E-state index is 5.91. The van der Waals surface area contributed by atoms with Gasteiger partial charge in [-0.15, -0.1) is 0 Å². The summed E-state index contributed by atoms with van der Waals surface area (Å²) in [6, 6.07) is 1.85. The van der Waals surface area contributed by atoms with E-state index in [4.69, 9.17) is 11.6 Å². The molecule has 12 heavy (non-hydrogen) atoms. The molecular weight excluding hydrogens is 174 g/mol. The molecule has 0 spiro atoms. The van der Waals surface area contributed by atoms with Gasteiger partial charge in [0.05, 0.1) is 11.2 Å². The Kier molecular flexibility index (Phi) is 1.80. The second-order valence-corrected chi connectivity index (χ2v) is 2.75. The molecule has 2 rings (SSSR count). The average Bonchev–Trinajstić information content (AvgIpc) is 2.57. The lowest BCUT2D eigenvalue weighted by atomic mass is 10.1. The number of nitrogens with one attached hydrogen (secondary N) is 1. The molecule has 3 nitrogen and oxygen atoms in total. The Balaban J connectivity index is 2.55. The first kappa shape index (κ1) is 7.31. The van der Waals surface area contributed by atoms with Crippen LogP contribution in [0, 0.1) is 0 Å². The first-order valence-corrected chi connectivity index (χ1v) is 3.84. The molecule has 0 saturated carbocycles. The summed E-state index contributed by atoms with van der Waals surface area (Å²) in [4.78, 5) is 3.89. The minimum atomic E-state index is 0.638. The largest absolute Gasteiger partial charge is 0.285 e. The van der Waals surface area contributed by atoms with Crippen molar-refractivity contribution in [2.24, 2.45) is 0 Å². The SMILES string of the molecule is Clc1cnccc1-c1cn[nH]c1. The molecule has 0 radical (unpaired) electrons. The highest BCUT2D eigenvalue weighted by molar-refractivity contribution is 6.33. The van der Waals surface area contributed by atoms with E-state index < -0.39 is 0 Å². The van der Waals surface area contributed by atoms with Crippen molar-refractivity contribution in [2.45, 2.75) is 0 Å². The Bertz CT molecular complexity index is 370. The highest BCUT2D eigenvalue weighted by Gasteiger charge is 2.02. The molecule has 0 aliphatic carbocycles. The van der Waals surface area contributed by atoms with E-state index >= 15 is 0 Å². The van der Waals surface area contributed by atoms with Gasteiger partial charge >= 0.3 is 0 Å². The summed E-state index contributed by atoms with van der Waals surface area (Å²) in [5.74, 6) is 0. The maximum atomic E-state index is 5.91. The molecule has 4 heteroatoms. The maximum Gasteiger partial charge on any atom is 0.0668 e. The van der Waals surface area contributed by atoms with Crippen molar-refractivity contribution in [3.8, 4) is 11.1 Å². The highest BCUT2D eigenvalue weighted by Crippen LogP contribution is 2.24. The van der Waals surface area contributed by atoms with Crippen LogP contribution in [-0.2, 0) is 0 Å². The summed E-state index contributed by atoms with van der Waals surface area (Å²) in [5, 5.41) is 7.20. The van der Waals surface area contributed by atoms with Crippen molar-refractivity contribution in [3.63, 3.8) is 0 Å². The number of pyridine rings is 1. The Morgan fingerprint density at radius 1 is 1.33 bits per heavy atom. The van der Waals surface area contributed by atoms with Gasteiger partial charge < -0.3 is 0 Å². The zero-order chi connectivity index (χ0) is 8.39. The van der Waals surface area contributed by atoms with Gasteiger partial charge in [-0.25, -0.2) is 0 Å². The van der Waals surface area contributed by atoms with Gasteiger partial charge in [0.2, 0.25) is 0 Å². The Hall–Kier alpha value is -1.35. The molecule has 0 unspecified atom stereocenters. The first-order valence-electron chi connectivity index (χ1n) is 3.46. The summed E-state index contributed by atoms with van der Waals surface area (Å²) in [6.07, 6.45) is 6.83. The number of aromatic nitrogens is 3. The molecule has 2 aromatic heterocycles. The van der Waals surface area contributed by atoms with Crippen molar-refractivity contribution in [1.29, 1.82) is 0 Å². The minimum absolute atomic E-state index is 0.638. The van der Waals surface area contributed by atoms with Crippen LogP contribution in [0.5, 0.6) is 0 Å². The van der Waals surface area contributed by atoms with Gasteiger partial charge in [0, 0.05) is 29.7 Å². The van der Waals surface area contributed by atoms with Crippen LogP contribution in [0.1, 0.15) is 0 Å². The third-order valence-electron chi connectivity index (χ3n) is 1.58. The monoisotopic (exact) mass is 179 g/mol. The van der Waals surface area contributed by atoms with Crippen molar-refractivity contribution >= 4 is 11.6 Å². The second kappa shape index (κ2) is 2.95. The van der Waals surface area contributed by atoms with Gasteiger partial charge in [-0.3, -0.25) is 10.1 Å². The van der Waals surface area contributed by atoms with Crippen LogP contribution in [0.2, 0.25) is 5.02 Å². The molecule has 2 aromatic rings. The second-order valence-electron chi connectivity index (χ2n) is 2.34. The normalized spacial score (nSPS) is 10.1. The van der Waals surface area contributed by atoms with E-state index in [-0.39, 0.29) is 0 Å². The number of hydrogen-bond donors (Lipinski definition) is 1. The molecule has 2 heterocycles. The number of halogens is 1. The van der Waals surface area contributed by atoms with Crippen LogP contribution in [-0.4, -0.2) is 15.2 Å². The highest BCUT2D eigenvalue weighted by atomic mass is 35.5. The smallest absolute Gasteiger partial charge is 0.0668 e. The molecule has 0 bridgehead atoms. The van der Waals surface area contributed by atoms with Gasteiger partial charge in [0.15, 0.2) is 0 Å². The van der Waals surface area contributed by atoms with Gasteiger partial charge in [-0.2, -0.15) is 5.10 Å². The Morgan fingerprint density at radius 3 is 2.92 bits per heavy atom. The van der Waals surface area contributed by atoms with Crippen LogP contribution >= 0.6 is 11.6 Å². The van der Waals surface area contributed by atoms with Crippen LogP contribution in [0.15, 0.2) is 30.9 Å². The van der Waals surface area contributed by atoms with E-state index in [1.54, 1.807) is 24.8 Å². The lowest BCUT2D eigenvalue weighted by molar-refractivity contribution is 1.09. The van der Waals surface area contributed by atoms with E-state index in [0.717, 1.165) is 11.1 Å². The molecule has 0 amide bonds. The summed E-state index contributed by atoms with van der Waals surface area (Å²) in [6.45, 7) is 0. The molecule has 1 N–H and O–H groups in total. The van der Waals surface area contributed by atoms with Crippen LogP contribution in [0.4, 0.5) is 0 Å². The quantitative estimate of drug-likeness (QED) is 0.729. The Labute approximate surface area is 74.4 Å². The van der Waals surface area contributed by atoms with Gasteiger partial charge in [-0.05, 0) is 6.07 Å². The molecule has 0 saturated heterocycles. The van der Waals surface area contributed by atoms with Crippen LogP contribution in [0.25, 0.3) is 11.1 Å². The summed E-state index contributed by atoms with van der Waals surface area (Å²) >= 11 is 5.91. The summed E-state index contributed by atoms with van der Waals surface area (Å²) in [5.41, 5.74) is 1.92. The fraction of sp³-hybridized carbons (Fsp3) is 0. The van der Waals surface area contributed by atoms with Gasteiger partial charge in [0.1, 0.15) is 0 Å². The fourth-order valence-corrected chi connectivity index (χ4v) is 1.24. The molecular formula is C8H6ClN3. The minimum Gasteiger partial charge on any atom is -0.285 e. The van der Waals surface area contributed by atoms with Crippen molar-refractivity contribution < 1.29 is 0 Å². The number of rotatable bonds is 1. The summed E-state index contributed by atoms with van der Waals surface area (Å²) in [7, 11) is 0. The van der Waals surface area contributed by atoms with Crippen LogP contribution < -0.4 is 0 Å². The van der Waals surface area contributed by atoms with Gasteiger partial charge in [-0.1, -0.05) is 11.6 Å². The topological polar surface area (TPSA) is 41.6 Å². The Morgan fingerprint density at radius 2 is 2.25 bits per heavy atom. The summed E-state index contributed by atoms with van der Waals surface area (Å²) < 4.78 is 0. The molecule has 0 fully saturated rings. The molecule has 60 valence electrons. The van der Waals surface area contributed by atoms with E-state index in [2.05, 4.69) is 15.2 Å². The van der Waals surface area contributed by atoms with E-state index in [1.165, 1.54) is 0 Å². The van der Waals surface area contributed by atoms with E-state index in [0.29, 0.717) is 5.02 Å². The first-order chi connectivity index (χ1) is 5.88. The van der Waals surface area contributed by atoms with Crippen molar-refractivity contribution in [2.75, 3.05) is 0 Å². The standard InChI is InChI=1S/C8H6ClN3/c9-8-5-10-2-1-7(8)6-3-11-12-4-6/h1-5H,(H,11,12). The third kappa shape index (κ3) is 1.19. The molecule has 0 aliphatic rings. The number of H-pyrrole nitrogens is 1. The zero-order valence-corrected chi connectivity index (χ0v) is 6.92. The van der Waals surface area contributed by atoms with E-state index in [1.807, 2.05) is 6.07 Å². The fourth-order valence-electron chi connectivity index (χ4n) is 1.01. The predicted molar refractivity (Wildman–Crippen MR) is 46.8 cm³/mol. The van der Waals surface area contributed by atoms with E-state index in [9.17, 15) is 0 Å². The number of aromatic amines is 1. The lowest BCUT2D eigenvalue weighted by Crippen LogP contribution is -1.77. The van der Waals surface area contributed by atoms with Gasteiger partial charge in [0.25, 0.3) is 0 Å². The van der Waals surface area contributed by atoms with Crippen LogP contribution in [0.3, 0.4) is 0 Å². The average molecular weight is 180 g/mol. The third-order valence-corrected chi connectivity index (χ3v) is 1.88. The zero-order valence-electron chi connectivity index (χ0n) is 6.16. The molecule has 0 atom stereocenters. The molecule has 0 aromatic carbocycles. The molecule has 0 aliphatic heterocycles. The number of hydrogen-bond acceptors (Lipinski definition) is 2. The predicted octanol–water partition coefficient (Wildman–Crippen LogP) is 2.13.